The Morgan fingerprint density at radius 1 is 0.892 bits per heavy atom. The number of urea groups is 1. The quantitative estimate of drug-likeness (QED) is 0.310. The zero-order valence-electron chi connectivity index (χ0n) is 20.8. The Hall–Kier alpha value is -3.52. The number of anilines is 2. The van der Waals surface area contributed by atoms with Crippen LogP contribution in [0.5, 0.6) is 0 Å². The summed E-state index contributed by atoms with van der Waals surface area (Å²) in [6.45, 7) is 6.55. The number of carbonyl (C=O) groups excluding carboxylic acids is 2. The molecular formula is C28H29ClF3N3O2. The molecule has 0 unspecified atom stereocenters. The topological polar surface area (TPSA) is 61.4 Å². The molecule has 0 bridgehead atoms. The molecule has 9 heteroatoms. The van der Waals surface area contributed by atoms with Gasteiger partial charge in [0.05, 0.1) is 5.56 Å². The van der Waals surface area contributed by atoms with Gasteiger partial charge in [0, 0.05) is 35.1 Å². The summed E-state index contributed by atoms with van der Waals surface area (Å²) in [6, 6.07) is 17.7. The second kappa shape index (κ2) is 11.7. The summed E-state index contributed by atoms with van der Waals surface area (Å²) >= 11 is 5.88. The first-order valence-corrected chi connectivity index (χ1v) is 12.1. The maximum atomic E-state index is 13.3. The van der Waals surface area contributed by atoms with E-state index < -0.39 is 17.8 Å². The average molecular weight is 532 g/mol. The molecule has 0 aliphatic carbocycles. The van der Waals surface area contributed by atoms with Gasteiger partial charge in [0.15, 0.2) is 0 Å². The lowest BCUT2D eigenvalue weighted by Crippen LogP contribution is -2.37. The van der Waals surface area contributed by atoms with E-state index in [9.17, 15) is 22.8 Å². The number of nitrogens with zero attached hydrogens (tertiary/aromatic N) is 1. The molecule has 3 aromatic carbocycles. The van der Waals surface area contributed by atoms with Gasteiger partial charge in [-0.3, -0.25) is 9.69 Å². The van der Waals surface area contributed by atoms with Crippen LogP contribution in [0, 0.1) is 0 Å². The Balaban J connectivity index is 1.68. The highest BCUT2D eigenvalue weighted by atomic mass is 35.5. The third kappa shape index (κ3) is 7.98. The number of amides is 3. The minimum absolute atomic E-state index is 0.0333. The molecule has 0 aromatic heterocycles. The van der Waals surface area contributed by atoms with Gasteiger partial charge < -0.3 is 10.6 Å². The van der Waals surface area contributed by atoms with Gasteiger partial charge in [-0.2, -0.15) is 13.2 Å². The van der Waals surface area contributed by atoms with E-state index in [0.717, 1.165) is 17.7 Å². The minimum Gasteiger partial charge on any atom is -0.352 e. The lowest BCUT2D eigenvalue weighted by molar-refractivity contribution is -0.137. The largest absolute Gasteiger partial charge is 0.416 e. The predicted molar refractivity (Wildman–Crippen MR) is 141 cm³/mol. The van der Waals surface area contributed by atoms with Crippen LogP contribution in [-0.4, -0.2) is 25.0 Å². The Bertz CT molecular complexity index is 1220. The number of rotatable bonds is 7. The zero-order chi connectivity index (χ0) is 27.2. The van der Waals surface area contributed by atoms with Crippen molar-refractivity contribution in [2.24, 2.45) is 0 Å². The van der Waals surface area contributed by atoms with E-state index in [2.05, 4.69) is 31.4 Å². The van der Waals surface area contributed by atoms with E-state index in [1.807, 2.05) is 12.1 Å². The van der Waals surface area contributed by atoms with Crippen LogP contribution in [-0.2, 0) is 11.6 Å². The van der Waals surface area contributed by atoms with Crippen LogP contribution in [0.3, 0.4) is 0 Å². The van der Waals surface area contributed by atoms with Crippen molar-refractivity contribution >= 4 is 34.9 Å². The second-order valence-corrected chi connectivity index (χ2v) is 10.0. The van der Waals surface area contributed by atoms with E-state index in [4.69, 9.17) is 11.6 Å². The highest BCUT2D eigenvalue weighted by Crippen LogP contribution is 2.32. The third-order valence-corrected chi connectivity index (χ3v) is 5.93. The monoisotopic (exact) mass is 531 g/mol. The number of benzene rings is 3. The summed E-state index contributed by atoms with van der Waals surface area (Å²) in [5.41, 5.74) is 1.25. The first kappa shape index (κ1) is 28.1. The Morgan fingerprint density at radius 3 is 2.14 bits per heavy atom. The van der Waals surface area contributed by atoms with E-state index in [1.165, 1.54) is 17.0 Å². The van der Waals surface area contributed by atoms with Crippen LogP contribution >= 0.6 is 11.6 Å². The molecule has 3 amide bonds. The molecule has 3 aromatic rings. The van der Waals surface area contributed by atoms with Gasteiger partial charge in [-0.1, -0.05) is 50.6 Å². The van der Waals surface area contributed by atoms with Gasteiger partial charge in [-0.15, -0.1) is 0 Å². The summed E-state index contributed by atoms with van der Waals surface area (Å²) in [5.74, 6) is -0.267. The van der Waals surface area contributed by atoms with Gasteiger partial charge in [0.25, 0.3) is 5.91 Å². The number of hydrogen-bond acceptors (Lipinski definition) is 2. The molecule has 5 nitrogen and oxygen atoms in total. The molecule has 0 saturated heterocycles. The molecule has 0 fully saturated rings. The lowest BCUT2D eigenvalue weighted by atomic mass is 9.87. The van der Waals surface area contributed by atoms with Crippen molar-refractivity contribution in [1.29, 1.82) is 0 Å². The van der Waals surface area contributed by atoms with Crippen molar-refractivity contribution in [3.8, 4) is 0 Å². The van der Waals surface area contributed by atoms with E-state index in [-0.39, 0.29) is 30.1 Å². The van der Waals surface area contributed by atoms with Crippen molar-refractivity contribution in [3.05, 3.63) is 94.5 Å². The molecule has 0 aliphatic rings. The van der Waals surface area contributed by atoms with Gasteiger partial charge in [-0.05, 0) is 72.0 Å². The number of halogens is 4. The normalized spacial score (nSPS) is 11.6. The summed E-state index contributed by atoms with van der Waals surface area (Å²) in [6.07, 6.45) is -4.24. The molecule has 0 saturated carbocycles. The number of nitrogens with one attached hydrogen (secondary N) is 2. The smallest absolute Gasteiger partial charge is 0.352 e. The number of alkyl halides is 3. The molecule has 0 radical (unpaired) electrons. The summed E-state index contributed by atoms with van der Waals surface area (Å²) in [7, 11) is 0. The SMILES string of the molecule is CC(C)(C)c1ccc(C(=O)NCCCN(C(=O)Nc2ccc(Cl)cc2)c2cccc(C(F)(F)F)c2)cc1. The van der Waals surface area contributed by atoms with Crippen molar-refractivity contribution in [2.45, 2.75) is 38.8 Å². The van der Waals surface area contributed by atoms with E-state index in [1.54, 1.807) is 36.4 Å². The van der Waals surface area contributed by atoms with Gasteiger partial charge in [0.1, 0.15) is 0 Å². The summed E-state index contributed by atoms with van der Waals surface area (Å²) < 4.78 is 39.9. The zero-order valence-corrected chi connectivity index (χ0v) is 21.6. The maximum absolute atomic E-state index is 13.3. The van der Waals surface area contributed by atoms with Crippen LogP contribution in [0.1, 0.15) is 48.7 Å². The van der Waals surface area contributed by atoms with Gasteiger partial charge in [0.2, 0.25) is 0 Å². The summed E-state index contributed by atoms with van der Waals surface area (Å²) in [4.78, 5) is 26.8. The number of carbonyl (C=O) groups is 2. The molecule has 0 heterocycles. The second-order valence-electron chi connectivity index (χ2n) is 9.57. The Morgan fingerprint density at radius 2 is 1.54 bits per heavy atom. The molecule has 0 spiro atoms. The van der Waals surface area contributed by atoms with Crippen molar-refractivity contribution in [2.75, 3.05) is 23.3 Å². The Labute approximate surface area is 219 Å². The van der Waals surface area contributed by atoms with Crippen LogP contribution in [0.2, 0.25) is 5.02 Å². The van der Waals surface area contributed by atoms with Crippen LogP contribution in [0.4, 0.5) is 29.3 Å². The van der Waals surface area contributed by atoms with Crippen LogP contribution in [0.25, 0.3) is 0 Å². The molecule has 3 rings (SSSR count). The molecule has 0 aliphatic heterocycles. The van der Waals surface area contributed by atoms with Gasteiger partial charge in [-0.25, -0.2) is 4.79 Å². The molecule has 2 N–H and O–H groups in total. The first-order valence-electron chi connectivity index (χ1n) is 11.7. The third-order valence-electron chi connectivity index (χ3n) is 5.68. The molecule has 0 atom stereocenters. The number of hydrogen-bond donors (Lipinski definition) is 2. The molecule has 196 valence electrons. The fraction of sp³-hybridized carbons (Fsp3) is 0.286. The van der Waals surface area contributed by atoms with Crippen molar-refractivity contribution < 1.29 is 22.8 Å². The fourth-order valence-electron chi connectivity index (χ4n) is 3.58. The first-order chi connectivity index (χ1) is 17.3. The highest BCUT2D eigenvalue weighted by molar-refractivity contribution is 6.30. The lowest BCUT2D eigenvalue weighted by Gasteiger charge is -2.24. The fourth-order valence-corrected chi connectivity index (χ4v) is 3.71. The minimum atomic E-state index is -4.55. The standard InChI is InChI=1S/C28H29ClF3N3O2/c1-27(2,3)20-10-8-19(9-11-20)25(36)33-16-5-17-35(24-7-4-6-21(18-24)28(30,31)32)26(37)34-23-14-12-22(29)13-15-23/h4,6-15,18H,5,16-17H2,1-3H3,(H,33,36)(H,34,37). The van der Waals surface area contributed by atoms with Crippen LogP contribution < -0.4 is 15.5 Å². The molecule has 37 heavy (non-hydrogen) atoms. The van der Waals surface area contributed by atoms with E-state index >= 15 is 0 Å². The van der Waals surface area contributed by atoms with Crippen molar-refractivity contribution in [1.82, 2.24) is 5.32 Å². The Kier molecular flexibility index (Phi) is 8.86. The van der Waals surface area contributed by atoms with Crippen LogP contribution in [0.15, 0.2) is 72.8 Å². The van der Waals surface area contributed by atoms with Crippen molar-refractivity contribution in [3.63, 3.8) is 0 Å². The average Bonchev–Trinajstić information content (AvgIpc) is 2.84. The van der Waals surface area contributed by atoms with Gasteiger partial charge >= 0.3 is 12.2 Å². The predicted octanol–water partition coefficient (Wildman–Crippen LogP) is 7.51. The summed E-state index contributed by atoms with van der Waals surface area (Å²) in [5, 5.41) is 5.96. The molecular weight excluding hydrogens is 503 g/mol. The van der Waals surface area contributed by atoms with E-state index in [0.29, 0.717) is 22.7 Å². The highest BCUT2D eigenvalue weighted by Gasteiger charge is 2.31. The maximum Gasteiger partial charge on any atom is 0.416 e.